The lowest BCUT2D eigenvalue weighted by molar-refractivity contribution is 0.0962. The lowest BCUT2D eigenvalue weighted by atomic mass is 9.92. The molecule has 14 heavy (non-hydrogen) atoms. The Kier molecular flexibility index (Phi) is 1.93. The molecule has 1 atom stereocenters. The van der Waals surface area contributed by atoms with Crippen LogP contribution >= 0.6 is 11.6 Å². The van der Waals surface area contributed by atoms with Crippen LogP contribution < -0.4 is 0 Å². The molecule has 2 rings (SSSR count). The van der Waals surface area contributed by atoms with Crippen molar-refractivity contribution >= 4 is 28.9 Å². The molecule has 0 spiro atoms. The smallest absolute Gasteiger partial charge is 0.210 e. The van der Waals surface area contributed by atoms with Gasteiger partial charge in [0.25, 0.3) is 0 Å². The number of hydrogen-bond acceptors (Lipinski definition) is 4. The summed E-state index contributed by atoms with van der Waals surface area (Å²) in [6.45, 7) is 0. The van der Waals surface area contributed by atoms with E-state index in [0.717, 1.165) is 0 Å². The molecule has 1 aromatic rings. The van der Waals surface area contributed by atoms with Gasteiger partial charge < -0.3 is 0 Å². The first-order valence-corrected chi connectivity index (χ1v) is 4.33. The van der Waals surface area contributed by atoms with Crippen molar-refractivity contribution in [2.45, 2.75) is 5.38 Å². The van der Waals surface area contributed by atoms with E-state index in [1.54, 1.807) is 6.07 Å². The average molecular weight is 209 g/mol. The Bertz CT molecular complexity index is 456. The van der Waals surface area contributed by atoms with Gasteiger partial charge in [-0.25, -0.2) is 0 Å². The molecule has 1 unspecified atom stereocenters. The molecule has 4 nitrogen and oxygen atoms in total. The van der Waals surface area contributed by atoms with Gasteiger partial charge in [0, 0.05) is 6.20 Å². The number of fused-ring (bicyclic) bond motifs is 1. The van der Waals surface area contributed by atoms with E-state index in [1.165, 1.54) is 12.3 Å². The van der Waals surface area contributed by atoms with Crippen LogP contribution in [0.15, 0.2) is 18.3 Å². The van der Waals surface area contributed by atoms with Crippen molar-refractivity contribution in [3.05, 3.63) is 29.6 Å². The third-order valence-electron chi connectivity index (χ3n) is 2.01. The zero-order valence-electron chi connectivity index (χ0n) is 6.95. The van der Waals surface area contributed by atoms with Crippen molar-refractivity contribution in [2.75, 3.05) is 0 Å². The van der Waals surface area contributed by atoms with Crippen LogP contribution in [0.3, 0.4) is 0 Å². The molecule has 5 heteroatoms. The number of aromatic nitrogens is 1. The van der Waals surface area contributed by atoms with Crippen molar-refractivity contribution in [1.82, 2.24) is 4.98 Å². The lowest BCUT2D eigenvalue weighted by Crippen LogP contribution is -2.37. The summed E-state index contributed by atoms with van der Waals surface area (Å²) >= 11 is 5.61. The molecule has 0 radical (unpaired) electrons. The first-order chi connectivity index (χ1) is 6.63. The van der Waals surface area contributed by atoms with Gasteiger partial charge in [-0.05, 0) is 12.1 Å². The zero-order valence-corrected chi connectivity index (χ0v) is 7.71. The number of hydrogen-bond donors (Lipinski definition) is 1. The number of nitrogens with zero attached hydrogens (tertiary/aromatic N) is 1. The summed E-state index contributed by atoms with van der Waals surface area (Å²) in [4.78, 5) is 26.7. The second-order valence-corrected chi connectivity index (χ2v) is 3.31. The first-order valence-electron chi connectivity index (χ1n) is 3.89. The van der Waals surface area contributed by atoms with Crippen LogP contribution in [0.5, 0.6) is 0 Å². The fourth-order valence-electron chi connectivity index (χ4n) is 1.30. The van der Waals surface area contributed by atoms with E-state index < -0.39 is 16.9 Å². The van der Waals surface area contributed by atoms with Crippen LogP contribution in [0.1, 0.15) is 20.8 Å². The molecule has 70 valence electrons. The van der Waals surface area contributed by atoms with Gasteiger partial charge in [0.1, 0.15) is 16.8 Å². The lowest BCUT2D eigenvalue weighted by Gasteiger charge is -2.16. The van der Waals surface area contributed by atoms with Crippen molar-refractivity contribution in [3.63, 3.8) is 0 Å². The van der Waals surface area contributed by atoms with E-state index in [4.69, 9.17) is 17.0 Å². The highest BCUT2D eigenvalue weighted by molar-refractivity contribution is 6.63. The summed E-state index contributed by atoms with van der Waals surface area (Å²) in [6, 6.07) is 3.02. The van der Waals surface area contributed by atoms with E-state index in [9.17, 15) is 9.59 Å². The minimum absolute atomic E-state index is 0.0634. The summed E-state index contributed by atoms with van der Waals surface area (Å²) < 4.78 is 0. The van der Waals surface area contributed by atoms with E-state index in [1.807, 2.05) is 0 Å². The molecule has 1 N–H and O–H groups in total. The summed E-state index contributed by atoms with van der Waals surface area (Å²) in [7, 11) is 0. The largest absolute Gasteiger partial charge is 0.299 e. The number of nitrogens with one attached hydrogen (secondary N) is 1. The molecule has 1 aliphatic carbocycles. The molecule has 1 aliphatic rings. The van der Waals surface area contributed by atoms with Crippen LogP contribution in [0.2, 0.25) is 0 Å². The molecule has 1 aromatic heterocycles. The Morgan fingerprint density at radius 1 is 1.43 bits per heavy atom. The standard InChI is InChI=1S/C9H5ClN2O2/c10-5-6(11)8(13)4-2-1-3-12-7(4)9(5)14/h1-3,5,11H. The Morgan fingerprint density at radius 3 is 2.86 bits per heavy atom. The first kappa shape index (κ1) is 9.02. The number of rotatable bonds is 0. The minimum Gasteiger partial charge on any atom is -0.299 e. The van der Waals surface area contributed by atoms with Gasteiger partial charge in [-0.1, -0.05) is 0 Å². The molecule has 0 bridgehead atoms. The number of carbonyl (C=O) groups is 2. The number of ketones is 2. The maximum atomic E-state index is 11.5. The molecule has 0 aliphatic heterocycles. The molecule has 0 saturated carbocycles. The minimum atomic E-state index is -1.19. The quantitative estimate of drug-likeness (QED) is 0.649. The highest BCUT2D eigenvalue weighted by Gasteiger charge is 2.36. The molecular formula is C9H5ClN2O2. The van der Waals surface area contributed by atoms with Gasteiger partial charge in [-0.3, -0.25) is 20.0 Å². The fraction of sp³-hybridized carbons (Fsp3) is 0.111. The molecule has 0 saturated heterocycles. The van der Waals surface area contributed by atoms with E-state index in [2.05, 4.69) is 4.98 Å². The van der Waals surface area contributed by atoms with E-state index in [-0.39, 0.29) is 17.0 Å². The summed E-state index contributed by atoms with van der Waals surface area (Å²) in [6.07, 6.45) is 1.42. The summed E-state index contributed by atoms with van der Waals surface area (Å²) in [5.41, 5.74) is -0.148. The number of alkyl halides is 1. The Balaban J connectivity index is 2.68. The normalized spacial score (nSPS) is 20.9. The van der Waals surface area contributed by atoms with Crippen LogP contribution in [0.25, 0.3) is 0 Å². The van der Waals surface area contributed by atoms with Crippen molar-refractivity contribution in [2.24, 2.45) is 0 Å². The van der Waals surface area contributed by atoms with Gasteiger partial charge >= 0.3 is 0 Å². The second-order valence-electron chi connectivity index (χ2n) is 2.87. The second kappa shape index (κ2) is 2.99. The molecule has 1 heterocycles. The van der Waals surface area contributed by atoms with Gasteiger partial charge in [0.05, 0.1) is 5.56 Å². The van der Waals surface area contributed by atoms with Crippen LogP contribution in [0.4, 0.5) is 0 Å². The van der Waals surface area contributed by atoms with E-state index in [0.29, 0.717) is 0 Å². The number of pyridine rings is 1. The molecule has 0 aromatic carbocycles. The van der Waals surface area contributed by atoms with Crippen molar-refractivity contribution < 1.29 is 9.59 Å². The van der Waals surface area contributed by atoms with E-state index >= 15 is 0 Å². The van der Waals surface area contributed by atoms with Crippen molar-refractivity contribution in [3.8, 4) is 0 Å². The third-order valence-corrected chi connectivity index (χ3v) is 2.43. The van der Waals surface area contributed by atoms with Gasteiger partial charge in [0.15, 0.2) is 0 Å². The highest BCUT2D eigenvalue weighted by atomic mass is 35.5. The molecular weight excluding hydrogens is 204 g/mol. The maximum absolute atomic E-state index is 11.5. The molecule has 0 amide bonds. The third kappa shape index (κ3) is 1.08. The SMILES string of the molecule is N=C1C(=O)c2cccnc2C(=O)C1Cl. The number of Topliss-reactive ketones (excluding diaryl/α,β-unsaturated/α-hetero) is 2. The maximum Gasteiger partial charge on any atom is 0.210 e. The van der Waals surface area contributed by atoms with Gasteiger partial charge in [-0.2, -0.15) is 0 Å². The van der Waals surface area contributed by atoms with Gasteiger partial charge in [-0.15, -0.1) is 11.6 Å². The Morgan fingerprint density at radius 2 is 2.14 bits per heavy atom. The average Bonchev–Trinajstić information content (AvgIpc) is 2.23. The fourth-order valence-corrected chi connectivity index (χ4v) is 1.50. The zero-order chi connectivity index (χ0) is 10.3. The van der Waals surface area contributed by atoms with Crippen LogP contribution in [-0.2, 0) is 0 Å². The Labute approximate surface area is 84.4 Å². The number of halogens is 1. The highest BCUT2D eigenvalue weighted by Crippen LogP contribution is 2.20. The predicted octanol–water partition coefficient (Wildman–Crippen LogP) is 1.09. The summed E-state index contributed by atoms with van der Waals surface area (Å²) in [5.74, 6) is -1.00. The Hall–Kier alpha value is -1.55. The van der Waals surface area contributed by atoms with Gasteiger partial charge in [0.2, 0.25) is 11.6 Å². The summed E-state index contributed by atoms with van der Waals surface area (Å²) in [5, 5.41) is 6.14. The monoisotopic (exact) mass is 208 g/mol. The van der Waals surface area contributed by atoms with Crippen LogP contribution in [-0.4, -0.2) is 27.6 Å². The predicted molar refractivity (Wildman–Crippen MR) is 50.3 cm³/mol. The number of carbonyl (C=O) groups excluding carboxylic acids is 2. The van der Waals surface area contributed by atoms with Crippen LogP contribution in [0, 0.1) is 5.41 Å². The van der Waals surface area contributed by atoms with Crippen molar-refractivity contribution in [1.29, 1.82) is 5.41 Å². The topological polar surface area (TPSA) is 70.9 Å². The molecule has 0 fully saturated rings.